The third kappa shape index (κ3) is 7.09. The van der Waals surface area contributed by atoms with Gasteiger partial charge in [0, 0.05) is 25.2 Å². The summed E-state index contributed by atoms with van der Waals surface area (Å²) in [5, 5.41) is 5.17. The predicted molar refractivity (Wildman–Crippen MR) is 122 cm³/mol. The molecule has 1 saturated carbocycles. The first-order valence-electron chi connectivity index (χ1n) is 10.3. The molecule has 33 heavy (non-hydrogen) atoms. The molecule has 0 heterocycles. The van der Waals surface area contributed by atoms with E-state index in [0.717, 1.165) is 12.8 Å². The van der Waals surface area contributed by atoms with Crippen LogP contribution in [-0.2, 0) is 36.2 Å². The van der Waals surface area contributed by atoms with Crippen LogP contribution in [0.1, 0.15) is 32.3 Å². The van der Waals surface area contributed by atoms with Gasteiger partial charge in [-0.15, -0.1) is 0 Å². The van der Waals surface area contributed by atoms with Gasteiger partial charge in [-0.3, -0.25) is 9.59 Å². The molecule has 1 aliphatic rings. The Labute approximate surface area is 193 Å². The number of carbonyl (C=O) groups excluding carboxylic acids is 2. The predicted octanol–water partition coefficient (Wildman–Crippen LogP) is 1.07. The highest BCUT2D eigenvalue weighted by molar-refractivity contribution is 7.89. The van der Waals surface area contributed by atoms with Crippen LogP contribution in [0.3, 0.4) is 0 Å². The first kappa shape index (κ1) is 24.8. The SMILES string of the molecule is CC(=O)Nc1ccc(S(=O)(=O)N[C@@H](C)C(=O)NCc2ccc(S(=O)(=O)NC3CC3)cc2)cc1. The fourth-order valence-corrected chi connectivity index (χ4v) is 5.40. The van der Waals surface area contributed by atoms with E-state index in [4.69, 9.17) is 0 Å². The Bertz CT molecular complexity index is 1220. The van der Waals surface area contributed by atoms with E-state index in [1.165, 1.54) is 50.2 Å². The molecule has 1 aliphatic carbocycles. The third-order valence-electron chi connectivity index (χ3n) is 4.81. The Morgan fingerprint density at radius 3 is 2.00 bits per heavy atom. The maximum atomic E-state index is 12.5. The number of hydrogen-bond acceptors (Lipinski definition) is 6. The highest BCUT2D eigenvalue weighted by Crippen LogP contribution is 2.22. The van der Waals surface area contributed by atoms with Crippen molar-refractivity contribution >= 4 is 37.5 Å². The first-order valence-corrected chi connectivity index (χ1v) is 13.2. The van der Waals surface area contributed by atoms with Crippen LogP contribution in [-0.4, -0.2) is 40.7 Å². The van der Waals surface area contributed by atoms with E-state index in [0.29, 0.717) is 11.3 Å². The molecular weight excluding hydrogens is 468 g/mol. The zero-order valence-corrected chi connectivity index (χ0v) is 19.8. The first-order chi connectivity index (χ1) is 15.5. The van der Waals surface area contributed by atoms with Crippen LogP contribution >= 0.6 is 0 Å². The summed E-state index contributed by atoms with van der Waals surface area (Å²) in [5.74, 6) is -0.819. The minimum absolute atomic E-state index is 0.00868. The van der Waals surface area contributed by atoms with Crippen LogP contribution in [0.25, 0.3) is 0 Å². The van der Waals surface area contributed by atoms with E-state index in [-0.39, 0.29) is 28.3 Å². The molecule has 0 bridgehead atoms. The molecule has 2 aromatic rings. The Kier molecular flexibility index (Phi) is 7.52. The number of hydrogen-bond donors (Lipinski definition) is 4. The average Bonchev–Trinajstić information content (AvgIpc) is 3.55. The summed E-state index contributed by atoms with van der Waals surface area (Å²) in [4.78, 5) is 23.5. The van der Waals surface area contributed by atoms with Gasteiger partial charge in [-0.1, -0.05) is 12.1 Å². The normalized spacial score (nSPS) is 15.0. The summed E-state index contributed by atoms with van der Waals surface area (Å²) < 4.78 is 54.4. The van der Waals surface area contributed by atoms with Crippen molar-refractivity contribution in [2.75, 3.05) is 5.32 Å². The second-order valence-electron chi connectivity index (χ2n) is 7.81. The summed E-state index contributed by atoms with van der Waals surface area (Å²) in [6.45, 7) is 2.86. The lowest BCUT2D eigenvalue weighted by Crippen LogP contribution is -2.44. The second-order valence-corrected chi connectivity index (χ2v) is 11.2. The number of benzene rings is 2. The maximum Gasteiger partial charge on any atom is 0.241 e. The molecule has 0 spiro atoms. The van der Waals surface area contributed by atoms with Gasteiger partial charge in [0.2, 0.25) is 31.9 Å². The molecule has 2 aromatic carbocycles. The van der Waals surface area contributed by atoms with Crippen LogP contribution in [0.4, 0.5) is 5.69 Å². The van der Waals surface area contributed by atoms with Crippen LogP contribution in [0, 0.1) is 0 Å². The van der Waals surface area contributed by atoms with Gasteiger partial charge in [-0.2, -0.15) is 4.72 Å². The number of nitrogens with one attached hydrogen (secondary N) is 4. The highest BCUT2D eigenvalue weighted by Gasteiger charge is 2.28. The van der Waals surface area contributed by atoms with Crippen molar-refractivity contribution in [3.05, 3.63) is 54.1 Å². The number of sulfonamides is 2. The van der Waals surface area contributed by atoms with Gasteiger partial charge in [-0.05, 0) is 61.7 Å². The third-order valence-corrected chi connectivity index (χ3v) is 7.90. The summed E-state index contributed by atoms with van der Waals surface area (Å²) in [7, 11) is -7.51. The summed E-state index contributed by atoms with van der Waals surface area (Å²) >= 11 is 0. The molecule has 0 aromatic heterocycles. The quantitative estimate of drug-likeness (QED) is 0.388. The fraction of sp³-hybridized carbons (Fsp3) is 0.333. The lowest BCUT2D eigenvalue weighted by molar-refractivity contribution is -0.122. The number of anilines is 1. The van der Waals surface area contributed by atoms with E-state index in [1.54, 1.807) is 12.1 Å². The van der Waals surface area contributed by atoms with Gasteiger partial charge in [0.05, 0.1) is 15.8 Å². The van der Waals surface area contributed by atoms with E-state index < -0.39 is 32.0 Å². The highest BCUT2D eigenvalue weighted by atomic mass is 32.2. The van der Waals surface area contributed by atoms with Gasteiger partial charge in [0.15, 0.2) is 0 Å². The number of amides is 2. The fourth-order valence-electron chi connectivity index (χ4n) is 2.89. The molecule has 10 nitrogen and oxygen atoms in total. The van der Waals surface area contributed by atoms with Crippen LogP contribution in [0.15, 0.2) is 58.3 Å². The molecule has 0 radical (unpaired) electrons. The van der Waals surface area contributed by atoms with Crippen molar-refractivity contribution in [2.45, 2.75) is 55.1 Å². The van der Waals surface area contributed by atoms with Crippen molar-refractivity contribution in [2.24, 2.45) is 0 Å². The van der Waals surface area contributed by atoms with Gasteiger partial charge >= 0.3 is 0 Å². The summed E-state index contributed by atoms with van der Waals surface area (Å²) in [6, 6.07) is 10.6. The Hall–Kier alpha value is -2.80. The van der Waals surface area contributed by atoms with E-state index in [2.05, 4.69) is 20.1 Å². The molecule has 0 saturated heterocycles. The summed E-state index contributed by atoms with van der Waals surface area (Å²) in [5.41, 5.74) is 1.12. The lowest BCUT2D eigenvalue weighted by Gasteiger charge is -2.15. The van der Waals surface area contributed by atoms with Gasteiger partial charge < -0.3 is 10.6 Å². The molecule has 4 N–H and O–H groups in total. The second kappa shape index (κ2) is 10.00. The van der Waals surface area contributed by atoms with Gasteiger partial charge in [-0.25, -0.2) is 21.6 Å². The minimum atomic E-state index is -3.96. The van der Waals surface area contributed by atoms with Crippen LogP contribution in [0.2, 0.25) is 0 Å². The van der Waals surface area contributed by atoms with Crippen molar-refractivity contribution < 1.29 is 26.4 Å². The standard InChI is InChI=1S/C21H26N4O6S2/c1-14(24-32(28,29)20-11-7-17(8-12-20)23-15(2)26)21(27)22-13-16-3-9-19(10-4-16)33(30,31)25-18-5-6-18/h3-4,7-12,14,18,24-25H,5-6,13H2,1-2H3,(H,22,27)(H,23,26)/t14-/m0/s1. The Balaban J connectivity index is 1.54. The molecule has 1 fully saturated rings. The van der Waals surface area contributed by atoms with E-state index in [1.807, 2.05) is 0 Å². The largest absolute Gasteiger partial charge is 0.351 e. The van der Waals surface area contributed by atoms with Gasteiger partial charge in [0.1, 0.15) is 0 Å². The van der Waals surface area contributed by atoms with Crippen LogP contribution < -0.4 is 20.1 Å². The molecule has 1 atom stereocenters. The molecule has 2 amide bonds. The van der Waals surface area contributed by atoms with Crippen molar-refractivity contribution in [1.29, 1.82) is 0 Å². The topological polar surface area (TPSA) is 151 Å². The van der Waals surface area contributed by atoms with E-state index in [9.17, 15) is 26.4 Å². The molecule has 178 valence electrons. The van der Waals surface area contributed by atoms with Crippen molar-refractivity contribution in [1.82, 2.24) is 14.8 Å². The summed E-state index contributed by atoms with van der Waals surface area (Å²) in [6.07, 6.45) is 1.68. The zero-order valence-electron chi connectivity index (χ0n) is 18.2. The lowest BCUT2D eigenvalue weighted by atomic mass is 10.2. The molecule has 0 unspecified atom stereocenters. The Morgan fingerprint density at radius 1 is 0.909 bits per heavy atom. The monoisotopic (exact) mass is 494 g/mol. The molecule has 3 rings (SSSR count). The smallest absolute Gasteiger partial charge is 0.241 e. The molecule has 0 aliphatic heterocycles. The van der Waals surface area contributed by atoms with Crippen molar-refractivity contribution in [3.63, 3.8) is 0 Å². The number of rotatable bonds is 10. The average molecular weight is 495 g/mol. The van der Waals surface area contributed by atoms with Crippen LogP contribution in [0.5, 0.6) is 0 Å². The van der Waals surface area contributed by atoms with E-state index >= 15 is 0 Å². The van der Waals surface area contributed by atoms with Gasteiger partial charge in [0.25, 0.3) is 0 Å². The van der Waals surface area contributed by atoms with Crippen molar-refractivity contribution in [3.8, 4) is 0 Å². The molecular formula is C21H26N4O6S2. The molecule has 12 heteroatoms. The maximum absolute atomic E-state index is 12.5. The zero-order chi connectivity index (χ0) is 24.2. The minimum Gasteiger partial charge on any atom is -0.351 e. The Morgan fingerprint density at radius 2 is 1.45 bits per heavy atom. The number of carbonyl (C=O) groups is 2.